The van der Waals surface area contributed by atoms with Crippen LogP contribution in [-0.2, 0) is 33.4 Å². The average molecular weight is 790 g/mol. The Morgan fingerprint density at radius 2 is 1.84 bits per heavy atom. The van der Waals surface area contributed by atoms with Crippen LogP contribution in [0, 0.1) is 25.2 Å². The number of phenols is 1. The number of amides is 2. The number of nitrogens with one attached hydrogen (secondary N) is 2. The second kappa shape index (κ2) is 14.9. The molecule has 2 amide bonds. The van der Waals surface area contributed by atoms with Crippen LogP contribution in [0.3, 0.4) is 0 Å². The van der Waals surface area contributed by atoms with Crippen LogP contribution < -0.4 is 29.6 Å². The van der Waals surface area contributed by atoms with Crippen molar-refractivity contribution in [3.63, 3.8) is 0 Å². The molecule has 6 atom stereocenters. The van der Waals surface area contributed by atoms with Crippen LogP contribution in [0.1, 0.15) is 70.4 Å². The van der Waals surface area contributed by atoms with Crippen molar-refractivity contribution in [2.24, 2.45) is 0 Å². The van der Waals surface area contributed by atoms with E-state index >= 15 is 0 Å². The molecule has 0 aromatic heterocycles. The highest BCUT2D eigenvalue weighted by atomic mass is 19.4. The first-order valence-electron chi connectivity index (χ1n) is 18.4. The van der Waals surface area contributed by atoms with Gasteiger partial charge in [-0.1, -0.05) is 18.2 Å². The molecular formula is C41H42F3N5O8. The summed E-state index contributed by atoms with van der Waals surface area (Å²) in [6.45, 7) is 6.18. The summed E-state index contributed by atoms with van der Waals surface area (Å²) in [5.74, 6) is -0.439. The SMILES string of the molecule is COc1c(C)cc2c(c1O)[C@H]1C3Cc4c(OC(C)=O)c(C)c5c(c4[C@H](CNC(=O)[C@@H](C)NC(=O)C=Cc4cccc(C(F)(F)F)c4)N3[C@@H](C#N)[C@H](C2)N1C)OCO5. The van der Waals surface area contributed by atoms with Crippen LogP contribution in [0.2, 0.25) is 0 Å². The number of fused-ring (bicyclic) bond motifs is 9. The zero-order valence-corrected chi connectivity index (χ0v) is 32.1. The molecule has 0 radical (unpaired) electrons. The summed E-state index contributed by atoms with van der Waals surface area (Å²) in [6.07, 6.45) is -1.58. The number of carbonyl (C=O) groups excluding carboxylic acids is 3. The fraction of sp³-hybridized carbons (Fsp3) is 0.415. The van der Waals surface area contributed by atoms with Gasteiger partial charge in [0, 0.05) is 53.9 Å². The molecule has 0 aliphatic carbocycles. The molecule has 1 unspecified atom stereocenters. The van der Waals surface area contributed by atoms with Crippen molar-refractivity contribution in [2.75, 3.05) is 27.5 Å². The largest absolute Gasteiger partial charge is 0.504 e. The maximum atomic E-state index is 13.7. The Morgan fingerprint density at radius 3 is 2.53 bits per heavy atom. The molecule has 57 heavy (non-hydrogen) atoms. The molecule has 4 heterocycles. The number of aromatic hydroxyl groups is 1. The van der Waals surface area contributed by atoms with Crippen LogP contribution >= 0.6 is 0 Å². The van der Waals surface area contributed by atoms with E-state index in [1.807, 2.05) is 24.9 Å². The minimum atomic E-state index is -4.55. The third kappa shape index (κ3) is 6.88. The van der Waals surface area contributed by atoms with Crippen molar-refractivity contribution in [3.05, 3.63) is 80.9 Å². The fourth-order valence-electron chi connectivity index (χ4n) is 8.98. The number of esters is 1. The van der Waals surface area contributed by atoms with Crippen LogP contribution in [0.5, 0.6) is 28.7 Å². The lowest BCUT2D eigenvalue weighted by Crippen LogP contribution is -2.69. The van der Waals surface area contributed by atoms with E-state index in [9.17, 15) is 37.9 Å². The summed E-state index contributed by atoms with van der Waals surface area (Å²) in [6, 6.07) is 5.14. The number of nitrogens with zero attached hydrogens (tertiary/aromatic N) is 3. The number of aryl methyl sites for hydroxylation is 1. The number of hydrogen-bond donors (Lipinski definition) is 3. The molecule has 1 fully saturated rings. The molecule has 16 heteroatoms. The third-order valence-electron chi connectivity index (χ3n) is 11.4. The quantitative estimate of drug-likeness (QED) is 0.163. The fourth-order valence-corrected chi connectivity index (χ4v) is 8.98. The number of likely N-dealkylation sites (N-methyl/N-ethyl adjacent to an activating group) is 1. The molecule has 0 saturated carbocycles. The first kappa shape index (κ1) is 39.4. The lowest BCUT2D eigenvalue weighted by atomic mass is 9.71. The Bertz CT molecular complexity index is 2240. The van der Waals surface area contributed by atoms with Gasteiger partial charge in [-0.15, -0.1) is 0 Å². The van der Waals surface area contributed by atoms with Crippen molar-refractivity contribution in [1.29, 1.82) is 5.26 Å². The number of benzene rings is 3. The molecule has 7 rings (SSSR count). The number of ether oxygens (including phenoxy) is 4. The van der Waals surface area contributed by atoms with Crippen molar-refractivity contribution in [2.45, 2.75) is 83.0 Å². The number of hydrogen-bond acceptors (Lipinski definition) is 11. The molecular weight excluding hydrogens is 747 g/mol. The standard InChI is InChI=1S/C41H42F3N5O8/c1-19-12-24-14-27-29(16-45)49-28(34(48(27)5)32(24)35(52)36(19)54-6)15-26-33(39-38(55-18-56-39)20(2)37(26)57-22(4)50)30(49)17-46-40(53)21(3)47-31(51)11-10-23-8-7-9-25(13-23)41(42,43)44/h7-13,21,27-30,34,52H,14-15,17-18H2,1-6H3,(H,46,53)(H,47,51)/t21-,27+,28?,29+,30+,34-/m1/s1. The molecule has 4 aliphatic heterocycles. The summed E-state index contributed by atoms with van der Waals surface area (Å²) in [7, 11) is 3.41. The van der Waals surface area contributed by atoms with Gasteiger partial charge in [-0.05, 0) is 75.6 Å². The number of piperazine rings is 1. The zero-order chi connectivity index (χ0) is 41.1. The number of rotatable bonds is 8. The highest BCUT2D eigenvalue weighted by molar-refractivity contribution is 5.95. The van der Waals surface area contributed by atoms with Gasteiger partial charge >= 0.3 is 12.1 Å². The minimum Gasteiger partial charge on any atom is -0.504 e. The molecule has 3 N–H and O–H groups in total. The van der Waals surface area contributed by atoms with Gasteiger partial charge in [-0.25, -0.2) is 0 Å². The van der Waals surface area contributed by atoms with Crippen LogP contribution in [0.15, 0.2) is 36.4 Å². The maximum Gasteiger partial charge on any atom is 0.416 e. The second-order valence-electron chi connectivity index (χ2n) is 14.8. The predicted octanol–water partition coefficient (Wildman–Crippen LogP) is 4.80. The van der Waals surface area contributed by atoms with Crippen LogP contribution in [0.4, 0.5) is 13.2 Å². The Labute approximate surface area is 326 Å². The smallest absolute Gasteiger partial charge is 0.416 e. The number of nitriles is 1. The summed E-state index contributed by atoms with van der Waals surface area (Å²) in [5, 5.41) is 28.1. The first-order chi connectivity index (χ1) is 27.0. The third-order valence-corrected chi connectivity index (χ3v) is 11.4. The monoisotopic (exact) mass is 789 g/mol. The number of methoxy groups -OCH3 is 1. The molecule has 300 valence electrons. The van der Waals surface area contributed by atoms with E-state index in [0.29, 0.717) is 45.9 Å². The van der Waals surface area contributed by atoms with E-state index in [4.69, 9.17) is 18.9 Å². The topological polar surface area (TPSA) is 163 Å². The molecule has 1 saturated heterocycles. The lowest BCUT2D eigenvalue weighted by Gasteiger charge is -2.60. The number of alkyl halides is 3. The molecule has 0 spiro atoms. The normalized spacial score (nSPS) is 22.8. The van der Waals surface area contributed by atoms with E-state index in [1.165, 1.54) is 39.2 Å². The van der Waals surface area contributed by atoms with Gasteiger partial charge in [0.15, 0.2) is 23.0 Å². The second-order valence-corrected chi connectivity index (χ2v) is 14.8. The number of halogens is 3. The van der Waals surface area contributed by atoms with Crippen molar-refractivity contribution >= 4 is 23.9 Å². The predicted molar refractivity (Wildman–Crippen MR) is 199 cm³/mol. The van der Waals surface area contributed by atoms with E-state index in [1.54, 1.807) is 6.92 Å². The average Bonchev–Trinajstić information content (AvgIpc) is 3.65. The van der Waals surface area contributed by atoms with Gasteiger partial charge in [0.1, 0.15) is 17.8 Å². The minimum absolute atomic E-state index is 0.00237. The van der Waals surface area contributed by atoms with Gasteiger partial charge in [0.25, 0.3) is 0 Å². The molecule has 13 nitrogen and oxygen atoms in total. The lowest BCUT2D eigenvalue weighted by molar-refractivity contribution is -0.137. The van der Waals surface area contributed by atoms with Crippen molar-refractivity contribution in [1.82, 2.24) is 20.4 Å². The highest BCUT2D eigenvalue weighted by Gasteiger charge is 2.57. The van der Waals surface area contributed by atoms with Crippen molar-refractivity contribution < 1.29 is 51.6 Å². The van der Waals surface area contributed by atoms with E-state index in [2.05, 4.69) is 21.6 Å². The Morgan fingerprint density at radius 1 is 1.11 bits per heavy atom. The van der Waals surface area contributed by atoms with Gasteiger partial charge < -0.3 is 34.7 Å². The molecule has 2 bridgehead atoms. The van der Waals surface area contributed by atoms with Gasteiger partial charge in [-0.2, -0.15) is 18.4 Å². The van der Waals surface area contributed by atoms with Gasteiger partial charge in [0.05, 0.1) is 30.8 Å². The first-order valence-corrected chi connectivity index (χ1v) is 18.4. The Hall–Kier alpha value is -5.79. The van der Waals surface area contributed by atoms with Gasteiger partial charge in [-0.3, -0.25) is 24.2 Å². The summed E-state index contributed by atoms with van der Waals surface area (Å²) < 4.78 is 63.0. The highest BCUT2D eigenvalue weighted by Crippen LogP contribution is 2.58. The van der Waals surface area contributed by atoms with Gasteiger partial charge in [0.2, 0.25) is 18.6 Å². The van der Waals surface area contributed by atoms with Crippen LogP contribution in [-0.4, -0.2) is 84.4 Å². The molecule has 3 aromatic carbocycles. The molecule has 3 aromatic rings. The van der Waals surface area contributed by atoms with E-state index in [0.717, 1.165) is 29.3 Å². The maximum absolute atomic E-state index is 13.7. The van der Waals surface area contributed by atoms with Crippen LogP contribution in [0.25, 0.3) is 6.08 Å². The summed E-state index contributed by atoms with van der Waals surface area (Å²) in [4.78, 5) is 43.2. The molecule has 4 aliphatic rings. The van der Waals surface area contributed by atoms with E-state index in [-0.39, 0.29) is 42.9 Å². The zero-order valence-electron chi connectivity index (χ0n) is 32.1. The number of phenolic OH excluding ortho intramolecular Hbond substituents is 1. The number of carbonyl (C=O) groups is 3. The Balaban J connectivity index is 1.25. The summed E-state index contributed by atoms with van der Waals surface area (Å²) >= 11 is 0. The Kier molecular flexibility index (Phi) is 10.3. The van der Waals surface area contributed by atoms with Crippen molar-refractivity contribution in [3.8, 4) is 34.8 Å². The summed E-state index contributed by atoms with van der Waals surface area (Å²) in [5.41, 5.74) is 3.35. The van der Waals surface area contributed by atoms with E-state index < -0.39 is 59.7 Å².